The Labute approximate surface area is 175 Å². The van der Waals surface area contributed by atoms with Gasteiger partial charge >= 0.3 is 0 Å². The van der Waals surface area contributed by atoms with E-state index in [1.807, 2.05) is 44.2 Å². The van der Waals surface area contributed by atoms with Crippen LogP contribution in [0.4, 0.5) is 0 Å². The van der Waals surface area contributed by atoms with Crippen molar-refractivity contribution in [1.29, 1.82) is 0 Å². The van der Waals surface area contributed by atoms with Crippen LogP contribution in [0.25, 0.3) is 0 Å². The summed E-state index contributed by atoms with van der Waals surface area (Å²) in [4.78, 5) is 27.6. The summed E-state index contributed by atoms with van der Waals surface area (Å²) in [5, 5.41) is 2.96. The molecule has 2 aromatic carbocycles. The third kappa shape index (κ3) is 7.04. The Kier molecular flexibility index (Phi) is 9.42. The van der Waals surface area contributed by atoms with Crippen molar-refractivity contribution in [2.24, 2.45) is 0 Å². The van der Waals surface area contributed by atoms with Crippen LogP contribution in [0.5, 0.6) is 0 Å². The number of aryl methyl sites for hydroxylation is 2. The summed E-state index contributed by atoms with van der Waals surface area (Å²) >= 11 is 0. The third-order valence-corrected chi connectivity index (χ3v) is 5.19. The predicted molar refractivity (Wildman–Crippen MR) is 119 cm³/mol. The summed E-state index contributed by atoms with van der Waals surface area (Å²) in [7, 11) is 0. The minimum atomic E-state index is -0.447. The van der Waals surface area contributed by atoms with Crippen molar-refractivity contribution in [1.82, 2.24) is 10.2 Å². The maximum atomic E-state index is 13.2. The van der Waals surface area contributed by atoms with Crippen molar-refractivity contribution in [3.05, 3.63) is 71.3 Å². The van der Waals surface area contributed by atoms with Crippen molar-refractivity contribution in [3.63, 3.8) is 0 Å². The Morgan fingerprint density at radius 2 is 1.55 bits per heavy atom. The van der Waals surface area contributed by atoms with Gasteiger partial charge in [0.2, 0.25) is 11.8 Å². The first-order chi connectivity index (χ1) is 14.1. The lowest BCUT2D eigenvalue weighted by molar-refractivity contribution is -0.141. The van der Waals surface area contributed by atoms with Gasteiger partial charge in [-0.25, -0.2) is 0 Å². The first-order valence-electron chi connectivity index (χ1n) is 10.8. The van der Waals surface area contributed by atoms with Crippen molar-refractivity contribution in [2.75, 3.05) is 6.54 Å². The fraction of sp³-hybridized carbons (Fsp3) is 0.440. The van der Waals surface area contributed by atoms with Crippen molar-refractivity contribution >= 4 is 11.8 Å². The second kappa shape index (κ2) is 12.1. The number of carbonyl (C=O) groups excluding carboxylic acids is 2. The second-order valence-corrected chi connectivity index (χ2v) is 7.39. The van der Waals surface area contributed by atoms with Crippen LogP contribution in [0, 0.1) is 0 Å². The van der Waals surface area contributed by atoms with Gasteiger partial charge in [-0.05, 0) is 42.4 Å². The molecule has 0 heterocycles. The minimum Gasteiger partial charge on any atom is -0.354 e. The number of hydrogen-bond acceptors (Lipinski definition) is 2. The number of carbonyl (C=O) groups is 2. The van der Waals surface area contributed by atoms with Gasteiger partial charge in [-0.2, -0.15) is 0 Å². The predicted octanol–water partition coefficient (Wildman–Crippen LogP) is 4.52. The van der Waals surface area contributed by atoms with Crippen molar-refractivity contribution < 1.29 is 9.59 Å². The van der Waals surface area contributed by atoms with Crippen molar-refractivity contribution in [2.45, 2.75) is 65.5 Å². The number of benzene rings is 2. The fourth-order valence-electron chi connectivity index (χ4n) is 3.40. The highest BCUT2D eigenvalue weighted by atomic mass is 16.2. The van der Waals surface area contributed by atoms with Crippen LogP contribution in [0.2, 0.25) is 0 Å². The zero-order valence-corrected chi connectivity index (χ0v) is 18.0. The first-order valence-corrected chi connectivity index (χ1v) is 10.8. The van der Waals surface area contributed by atoms with E-state index in [-0.39, 0.29) is 11.8 Å². The molecule has 0 aliphatic carbocycles. The van der Waals surface area contributed by atoms with Gasteiger partial charge in [-0.15, -0.1) is 0 Å². The molecule has 0 aromatic heterocycles. The molecule has 0 saturated carbocycles. The van der Waals surface area contributed by atoms with E-state index in [4.69, 9.17) is 0 Å². The lowest BCUT2D eigenvalue weighted by Crippen LogP contribution is -2.49. The van der Waals surface area contributed by atoms with E-state index in [9.17, 15) is 9.59 Å². The van der Waals surface area contributed by atoms with Crippen LogP contribution in [0.15, 0.2) is 54.6 Å². The Bertz CT molecular complexity index is 756. The molecule has 0 fully saturated rings. The molecule has 2 aromatic rings. The maximum Gasteiger partial charge on any atom is 0.242 e. The lowest BCUT2D eigenvalue weighted by Gasteiger charge is -2.30. The van der Waals surface area contributed by atoms with E-state index in [0.717, 1.165) is 24.0 Å². The van der Waals surface area contributed by atoms with E-state index >= 15 is 0 Å². The second-order valence-electron chi connectivity index (χ2n) is 7.39. The molecule has 0 spiro atoms. The summed E-state index contributed by atoms with van der Waals surface area (Å²) < 4.78 is 0. The molecule has 0 unspecified atom stereocenters. The van der Waals surface area contributed by atoms with Gasteiger partial charge in [0.1, 0.15) is 6.04 Å². The van der Waals surface area contributed by atoms with Crippen LogP contribution < -0.4 is 5.32 Å². The number of nitrogens with zero attached hydrogens (tertiary/aromatic N) is 1. The van der Waals surface area contributed by atoms with E-state index in [0.29, 0.717) is 32.4 Å². The average Bonchev–Trinajstić information content (AvgIpc) is 2.76. The zero-order valence-electron chi connectivity index (χ0n) is 18.0. The highest BCUT2D eigenvalue weighted by Crippen LogP contribution is 2.15. The Balaban J connectivity index is 2.13. The van der Waals surface area contributed by atoms with Crippen LogP contribution in [-0.4, -0.2) is 29.3 Å². The van der Waals surface area contributed by atoms with E-state index in [2.05, 4.69) is 36.5 Å². The smallest absolute Gasteiger partial charge is 0.242 e. The average molecular weight is 395 g/mol. The van der Waals surface area contributed by atoms with Crippen LogP contribution in [0.3, 0.4) is 0 Å². The van der Waals surface area contributed by atoms with E-state index in [1.165, 1.54) is 5.56 Å². The summed E-state index contributed by atoms with van der Waals surface area (Å²) in [5.74, 6) is -0.0437. The summed E-state index contributed by atoms with van der Waals surface area (Å²) in [6.07, 6.45) is 3.56. The topological polar surface area (TPSA) is 49.4 Å². The molecule has 0 radical (unpaired) electrons. The highest BCUT2D eigenvalue weighted by Gasteiger charge is 2.28. The molecule has 0 aliphatic rings. The van der Waals surface area contributed by atoms with Crippen LogP contribution in [-0.2, 0) is 29.0 Å². The monoisotopic (exact) mass is 394 g/mol. The summed E-state index contributed by atoms with van der Waals surface area (Å²) in [6, 6.07) is 17.9. The number of nitrogens with one attached hydrogen (secondary N) is 1. The number of rotatable bonds is 11. The molecule has 156 valence electrons. The van der Waals surface area contributed by atoms with E-state index < -0.39 is 6.04 Å². The maximum absolute atomic E-state index is 13.2. The molecular weight excluding hydrogens is 360 g/mol. The molecule has 29 heavy (non-hydrogen) atoms. The molecule has 0 saturated heterocycles. The van der Waals surface area contributed by atoms with Gasteiger partial charge in [0.15, 0.2) is 0 Å². The fourth-order valence-corrected chi connectivity index (χ4v) is 3.40. The van der Waals surface area contributed by atoms with Gasteiger partial charge in [0, 0.05) is 19.5 Å². The lowest BCUT2D eigenvalue weighted by atomic mass is 10.0. The normalized spacial score (nSPS) is 11.7. The largest absolute Gasteiger partial charge is 0.354 e. The van der Waals surface area contributed by atoms with Gasteiger partial charge in [-0.1, -0.05) is 75.4 Å². The van der Waals surface area contributed by atoms with Crippen LogP contribution in [0.1, 0.15) is 56.7 Å². The van der Waals surface area contributed by atoms with Gasteiger partial charge in [-0.3, -0.25) is 9.59 Å². The summed E-state index contributed by atoms with van der Waals surface area (Å²) in [5.41, 5.74) is 3.48. The molecule has 1 atom stereocenters. The molecule has 4 nitrogen and oxygen atoms in total. The number of amides is 2. The quantitative estimate of drug-likeness (QED) is 0.609. The minimum absolute atomic E-state index is 0.0203. The van der Waals surface area contributed by atoms with E-state index in [1.54, 1.807) is 4.90 Å². The molecule has 2 amide bonds. The molecule has 4 heteroatoms. The molecule has 1 N–H and O–H groups in total. The number of hydrogen-bond donors (Lipinski definition) is 1. The Morgan fingerprint density at radius 3 is 2.14 bits per heavy atom. The third-order valence-electron chi connectivity index (χ3n) is 5.19. The molecular formula is C25H34N2O2. The van der Waals surface area contributed by atoms with Crippen molar-refractivity contribution in [3.8, 4) is 0 Å². The Hall–Kier alpha value is -2.62. The summed E-state index contributed by atoms with van der Waals surface area (Å²) in [6.45, 7) is 7.20. The Morgan fingerprint density at radius 1 is 0.897 bits per heavy atom. The molecule has 2 rings (SSSR count). The standard InChI is InChI=1S/C25H34N2O2/c1-4-18-26-25(29)23(6-3)27(19-22-10-8-7-9-11-22)24(28)17-16-21-14-12-20(5-2)13-15-21/h7-15,23H,4-6,16-19H2,1-3H3,(H,26,29)/t23-/m0/s1. The molecule has 0 bridgehead atoms. The van der Waals surface area contributed by atoms with Gasteiger partial charge in [0.05, 0.1) is 0 Å². The first kappa shape index (κ1) is 22.7. The van der Waals surface area contributed by atoms with Gasteiger partial charge in [0.25, 0.3) is 0 Å². The SMILES string of the molecule is CCCNC(=O)[C@H](CC)N(Cc1ccccc1)C(=O)CCc1ccc(CC)cc1. The van der Waals surface area contributed by atoms with Gasteiger partial charge < -0.3 is 10.2 Å². The highest BCUT2D eigenvalue weighted by molar-refractivity contribution is 5.87. The van der Waals surface area contributed by atoms with Crippen LogP contribution >= 0.6 is 0 Å². The molecule has 0 aliphatic heterocycles. The zero-order chi connectivity index (χ0) is 21.1.